The van der Waals surface area contributed by atoms with Gasteiger partial charge < -0.3 is 24.9 Å². The van der Waals surface area contributed by atoms with E-state index >= 15 is 0 Å². The minimum Gasteiger partial charge on any atom is -0.489 e. The Balaban J connectivity index is 0.000000215. The summed E-state index contributed by atoms with van der Waals surface area (Å²) in [6.45, 7) is 7.68. The quantitative estimate of drug-likeness (QED) is 0.0533. The Labute approximate surface area is 290 Å². The molecule has 9 nitrogen and oxygen atoms in total. The number of nitrogens with zero attached hydrogens (tertiary/aromatic N) is 3. The summed E-state index contributed by atoms with van der Waals surface area (Å²) in [5.74, 6) is 1.24. The fraction of sp³-hybridized carbons (Fsp3) is 0.176. The highest BCUT2D eigenvalue weighted by atomic mass is 35.5. The van der Waals surface area contributed by atoms with Crippen LogP contribution in [0.15, 0.2) is 94.6 Å². The molecular formula is C34H31Cl3F2N4O5. The molecule has 0 saturated heterocycles. The summed E-state index contributed by atoms with van der Waals surface area (Å²) in [7, 11) is 0. The monoisotopic (exact) mass is 718 g/mol. The van der Waals surface area contributed by atoms with Crippen LogP contribution in [0.5, 0.6) is 11.5 Å². The molecule has 14 heteroatoms. The smallest absolute Gasteiger partial charge is 0.258 e. The molecule has 252 valence electrons. The van der Waals surface area contributed by atoms with Gasteiger partial charge in [-0.05, 0) is 124 Å². The van der Waals surface area contributed by atoms with Crippen molar-refractivity contribution < 1.29 is 32.8 Å². The first-order valence-corrected chi connectivity index (χ1v) is 15.4. The summed E-state index contributed by atoms with van der Waals surface area (Å²) < 4.78 is 41.4. The van der Waals surface area contributed by atoms with Crippen LogP contribution in [0.2, 0.25) is 10.0 Å². The molecule has 0 bridgehead atoms. The summed E-state index contributed by atoms with van der Waals surface area (Å²) in [4.78, 5) is 14.7. The van der Waals surface area contributed by atoms with E-state index in [-0.39, 0.29) is 29.7 Å². The highest BCUT2D eigenvalue weighted by Gasteiger charge is 2.13. The van der Waals surface area contributed by atoms with Gasteiger partial charge in [-0.1, -0.05) is 33.5 Å². The van der Waals surface area contributed by atoms with E-state index in [1.165, 1.54) is 36.4 Å². The van der Waals surface area contributed by atoms with Crippen LogP contribution in [0.25, 0.3) is 22.8 Å². The fourth-order valence-electron chi connectivity index (χ4n) is 3.69. The number of halogens is 5. The minimum absolute atomic E-state index is 0.0213. The molecule has 48 heavy (non-hydrogen) atoms. The van der Waals surface area contributed by atoms with E-state index in [4.69, 9.17) is 59.7 Å². The van der Waals surface area contributed by atoms with E-state index in [9.17, 15) is 13.6 Å². The lowest BCUT2D eigenvalue weighted by Gasteiger charge is -2.11. The second kappa shape index (κ2) is 18.0. The Hall–Kier alpha value is -4.71. The first-order chi connectivity index (χ1) is 22.8. The number of nitrogens with two attached hydrogens (primary N) is 1. The molecule has 0 aliphatic carbocycles. The van der Waals surface area contributed by atoms with Crippen LogP contribution in [0.1, 0.15) is 43.6 Å². The van der Waals surface area contributed by atoms with Crippen molar-refractivity contribution in [2.45, 2.75) is 39.9 Å². The number of aromatic nitrogens is 2. The molecule has 0 spiro atoms. The number of rotatable bonds is 8. The predicted octanol–water partition coefficient (Wildman–Crippen LogP) is 9.41. The summed E-state index contributed by atoms with van der Waals surface area (Å²) in [6, 6.07) is 21.2. The zero-order valence-corrected chi connectivity index (χ0v) is 28.4. The third-order valence-corrected chi connectivity index (χ3v) is 6.65. The van der Waals surface area contributed by atoms with Crippen LogP contribution in [-0.4, -0.2) is 38.6 Å². The van der Waals surface area contributed by atoms with Crippen LogP contribution >= 0.6 is 34.8 Å². The molecule has 0 radical (unpaired) electrons. The van der Waals surface area contributed by atoms with Crippen LogP contribution in [-0.2, 0) is 0 Å². The lowest BCUT2D eigenvalue weighted by atomic mass is 10.2. The number of carbonyl (C=O) groups is 1. The average molecular weight is 720 g/mol. The molecule has 3 N–H and O–H groups in total. The lowest BCUT2D eigenvalue weighted by molar-refractivity contribution is 0.108. The first kappa shape index (κ1) is 37.7. The number of ether oxygens (including phenoxy) is 2. The van der Waals surface area contributed by atoms with Crippen molar-refractivity contribution in [1.82, 2.24) is 10.1 Å². The second-order valence-corrected chi connectivity index (χ2v) is 11.5. The summed E-state index contributed by atoms with van der Waals surface area (Å²) in [5, 5.41) is 15.7. The van der Waals surface area contributed by atoms with Crippen LogP contribution in [0.4, 0.5) is 8.78 Å². The molecule has 0 atom stereocenters. The molecular weight excluding hydrogens is 689 g/mol. The van der Waals surface area contributed by atoms with Gasteiger partial charge in [-0.15, -0.1) is 0 Å². The van der Waals surface area contributed by atoms with Gasteiger partial charge in [0.25, 0.3) is 11.1 Å². The van der Waals surface area contributed by atoms with E-state index in [1.54, 1.807) is 42.5 Å². The molecule has 5 rings (SSSR count). The number of oxime groups is 1. The van der Waals surface area contributed by atoms with Gasteiger partial charge >= 0.3 is 0 Å². The van der Waals surface area contributed by atoms with Crippen LogP contribution < -0.4 is 15.2 Å². The maximum Gasteiger partial charge on any atom is 0.258 e. The predicted molar refractivity (Wildman–Crippen MR) is 182 cm³/mol. The number of hydrogen-bond donors (Lipinski definition) is 2. The number of amidine groups is 1. The third-order valence-electron chi connectivity index (χ3n) is 5.84. The standard InChI is InChI=1S/C17H14ClFN2O2.C10H13ClN2O2.C7H4ClFO/c1-10(2)22-15-8-5-12(9-14(15)18)16-20-17(23-21-16)11-3-6-13(19)7-4-11;1-6(2)15-9-4-3-7(5-8(9)11)10(12)13-14;8-7(10)5-1-3-6(9)4-2-5/h3-10H,1-2H3;3-6,14H,1-2H3,(H2,12,13);1-4H. The molecule has 4 aromatic carbocycles. The molecule has 0 fully saturated rings. The Morgan fingerprint density at radius 1 is 0.792 bits per heavy atom. The minimum atomic E-state index is -0.569. The van der Waals surface area contributed by atoms with Crippen LogP contribution in [0.3, 0.4) is 0 Å². The van der Waals surface area contributed by atoms with Crippen LogP contribution in [0, 0.1) is 11.6 Å². The first-order valence-electron chi connectivity index (χ1n) is 14.2. The van der Waals surface area contributed by atoms with Gasteiger partial charge in [0, 0.05) is 22.3 Å². The molecule has 1 aromatic heterocycles. The van der Waals surface area contributed by atoms with Gasteiger partial charge in [0.15, 0.2) is 5.84 Å². The van der Waals surface area contributed by atoms with E-state index < -0.39 is 5.24 Å². The van der Waals surface area contributed by atoms with Crippen molar-refractivity contribution in [3.63, 3.8) is 0 Å². The van der Waals surface area contributed by atoms with E-state index in [0.717, 1.165) is 0 Å². The number of carbonyl (C=O) groups excluding carboxylic acids is 1. The Kier molecular flexibility index (Phi) is 14.2. The van der Waals surface area contributed by atoms with Crippen molar-refractivity contribution in [3.05, 3.63) is 118 Å². The van der Waals surface area contributed by atoms with Gasteiger partial charge in [0.05, 0.1) is 22.3 Å². The topological polar surface area (TPSA) is 133 Å². The van der Waals surface area contributed by atoms with E-state index in [2.05, 4.69) is 15.3 Å². The van der Waals surface area contributed by atoms with Gasteiger partial charge in [-0.2, -0.15) is 4.98 Å². The van der Waals surface area contributed by atoms with Gasteiger partial charge in [0.1, 0.15) is 23.1 Å². The summed E-state index contributed by atoms with van der Waals surface area (Å²) >= 11 is 17.3. The van der Waals surface area contributed by atoms with Crippen molar-refractivity contribution in [1.29, 1.82) is 0 Å². The van der Waals surface area contributed by atoms with Gasteiger partial charge in [0.2, 0.25) is 5.82 Å². The SMILES string of the molecule is CC(C)Oc1ccc(-c2noc(-c3ccc(F)cc3)n2)cc1Cl.CC(C)Oc1ccc(/C(N)=N/O)cc1Cl.O=C(Cl)c1ccc(F)cc1. The molecule has 0 amide bonds. The van der Waals surface area contributed by atoms with Gasteiger partial charge in [-0.25, -0.2) is 8.78 Å². The van der Waals surface area contributed by atoms with Gasteiger partial charge in [-0.3, -0.25) is 4.79 Å². The Bertz CT molecular complexity index is 1830. The fourth-order valence-corrected chi connectivity index (χ4v) is 4.26. The molecule has 1 heterocycles. The second-order valence-electron chi connectivity index (χ2n) is 10.3. The highest BCUT2D eigenvalue weighted by Crippen LogP contribution is 2.31. The molecule has 0 aliphatic rings. The van der Waals surface area contributed by atoms with Crippen molar-refractivity contribution in [2.24, 2.45) is 10.9 Å². The zero-order valence-electron chi connectivity index (χ0n) is 26.1. The third kappa shape index (κ3) is 11.5. The Morgan fingerprint density at radius 3 is 1.75 bits per heavy atom. The van der Waals surface area contributed by atoms with Crippen molar-refractivity contribution in [3.8, 4) is 34.3 Å². The maximum atomic E-state index is 13.0. The molecule has 0 aliphatic heterocycles. The molecule has 0 unspecified atom stereocenters. The Morgan fingerprint density at radius 2 is 1.27 bits per heavy atom. The lowest BCUT2D eigenvalue weighted by Crippen LogP contribution is -2.13. The maximum absolute atomic E-state index is 13.0. The number of benzene rings is 4. The van der Waals surface area contributed by atoms with Crippen molar-refractivity contribution >= 4 is 45.9 Å². The summed E-state index contributed by atoms with van der Waals surface area (Å²) in [5.41, 5.74) is 7.64. The molecule has 5 aromatic rings. The summed E-state index contributed by atoms with van der Waals surface area (Å²) in [6.07, 6.45) is 0.0887. The average Bonchev–Trinajstić information content (AvgIpc) is 3.54. The highest BCUT2D eigenvalue weighted by molar-refractivity contribution is 6.67. The van der Waals surface area contributed by atoms with E-state index in [0.29, 0.717) is 55.5 Å². The van der Waals surface area contributed by atoms with E-state index in [1.807, 2.05) is 33.8 Å². The molecule has 0 saturated carbocycles. The van der Waals surface area contributed by atoms with Crippen molar-refractivity contribution in [2.75, 3.05) is 0 Å². The largest absolute Gasteiger partial charge is 0.489 e. The number of hydrogen-bond acceptors (Lipinski definition) is 8. The zero-order chi connectivity index (χ0) is 35.4. The normalized spacial score (nSPS) is 10.9.